The number of carbonyl (C=O) groups is 1. The summed E-state index contributed by atoms with van der Waals surface area (Å²) in [6.45, 7) is 9.90. The molecule has 0 spiro atoms. The van der Waals surface area contributed by atoms with Gasteiger partial charge in [0.15, 0.2) is 0 Å². The zero-order chi connectivity index (χ0) is 17.1. The van der Waals surface area contributed by atoms with Gasteiger partial charge in [0.05, 0.1) is 17.8 Å². The van der Waals surface area contributed by atoms with Gasteiger partial charge in [-0.3, -0.25) is 9.48 Å². The number of carbonyl (C=O) groups excluding carboxylic acids is 1. The highest BCUT2D eigenvalue weighted by Gasteiger charge is 2.26. The number of rotatable bonds is 5. The Labute approximate surface area is 144 Å². The first-order valence-corrected chi connectivity index (χ1v) is 9.06. The normalized spacial score (nSPS) is 16.8. The van der Waals surface area contributed by atoms with E-state index in [2.05, 4.69) is 48.2 Å². The van der Waals surface area contributed by atoms with Gasteiger partial charge in [-0.2, -0.15) is 5.10 Å². The van der Waals surface area contributed by atoms with Crippen molar-refractivity contribution >= 4 is 16.8 Å². The molecule has 2 heterocycles. The fraction of sp³-hybridized carbons (Fsp3) is 0.579. The van der Waals surface area contributed by atoms with Gasteiger partial charge < -0.3 is 10.2 Å². The lowest BCUT2D eigenvalue weighted by Gasteiger charge is -2.33. The number of fused-ring (bicyclic) bond motifs is 1. The smallest absolute Gasteiger partial charge is 0.223 e. The number of amides is 1. The summed E-state index contributed by atoms with van der Waals surface area (Å²) in [4.78, 5) is 14.9. The fourth-order valence-corrected chi connectivity index (χ4v) is 3.56. The van der Waals surface area contributed by atoms with E-state index in [0.29, 0.717) is 12.6 Å². The molecule has 0 saturated carbocycles. The van der Waals surface area contributed by atoms with Crippen molar-refractivity contribution in [3.8, 4) is 0 Å². The van der Waals surface area contributed by atoms with Crippen molar-refractivity contribution in [2.45, 2.75) is 52.7 Å². The highest BCUT2D eigenvalue weighted by molar-refractivity contribution is 5.83. The average molecular weight is 328 g/mol. The van der Waals surface area contributed by atoms with Crippen molar-refractivity contribution in [1.82, 2.24) is 20.0 Å². The lowest BCUT2D eigenvalue weighted by molar-refractivity contribution is -0.126. The molecule has 1 N–H and O–H groups in total. The van der Waals surface area contributed by atoms with Crippen LogP contribution in [-0.2, 0) is 17.9 Å². The van der Waals surface area contributed by atoms with Crippen molar-refractivity contribution in [2.24, 2.45) is 5.92 Å². The summed E-state index contributed by atoms with van der Waals surface area (Å²) in [6.07, 6.45) is 1.91. The van der Waals surface area contributed by atoms with E-state index in [9.17, 15) is 4.79 Å². The van der Waals surface area contributed by atoms with Crippen LogP contribution in [0.4, 0.5) is 0 Å². The Kier molecular flexibility index (Phi) is 5.19. The molecule has 1 aromatic heterocycles. The number of para-hydroxylation sites is 1. The van der Waals surface area contributed by atoms with Crippen LogP contribution in [0.3, 0.4) is 0 Å². The van der Waals surface area contributed by atoms with Gasteiger partial charge in [-0.15, -0.1) is 0 Å². The van der Waals surface area contributed by atoms with Gasteiger partial charge in [-0.05, 0) is 52.8 Å². The fourth-order valence-electron chi connectivity index (χ4n) is 3.56. The van der Waals surface area contributed by atoms with E-state index in [1.54, 1.807) is 0 Å². The maximum absolute atomic E-state index is 12.5. The van der Waals surface area contributed by atoms with E-state index in [1.165, 1.54) is 0 Å². The number of likely N-dealkylation sites (tertiary alicyclic amines) is 1. The first-order chi connectivity index (χ1) is 11.6. The van der Waals surface area contributed by atoms with Gasteiger partial charge in [0, 0.05) is 23.9 Å². The van der Waals surface area contributed by atoms with E-state index in [-0.39, 0.29) is 11.8 Å². The molecule has 1 fully saturated rings. The van der Waals surface area contributed by atoms with E-state index >= 15 is 0 Å². The summed E-state index contributed by atoms with van der Waals surface area (Å²) in [5.74, 6) is 0.313. The predicted molar refractivity (Wildman–Crippen MR) is 96.7 cm³/mol. The van der Waals surface area contributed by atoms with Crippen molar-refractivity contribution in [3.63, 3.8) is 0 Å². The average Bonchev–Trinajstić information content (AvgIpc) is 2.98. The highest BCUT2D eigenvalue weighted by Crippen LogP contribution is 2.21. The molecule has 3 rings (SSSR count). The molecule has 0 aliphatic carbocycles. The van der Waals surface area contributed by atoms with Crippen LogP contribution in [0.1, 0.15) is 39.3 Å². The SMILES string of the molecule is CCn1nc(CNC(=O)C2CCN(C(C)C)CC2)c2ccccc21. The summed E-state index contributed by atoms with van der Waals surface area (Å²) >= 11 is 0. The summed E-state index contributed by atoms with van der Waals surface area (Å²) in [7, 11) is 0. The van der Waals surface area contributed by atoms with E-state index in [1.807, 2.05) is 16.8 Å². The van der Waals surface area contributed by atoms with Crippen LogP contribution in [0.5, 0.6) is 0 Å². The van der Waals surface area contributed by atoms with Crippen LogP contribution in [0.25, 0.3) is 10.9 Å². The topological polar surface area (TPSA) is 50.2 Å². The second kappa shape index (κ2) is 7.34. The molecule has 0 unspecified atom stereocenters. The molecule has 0 atom stereocenters. The number of hydrogen-bond acceptors (Lipinski definition) is 3. The monoisotopic (exact) mass is 328 g/mol. The molecule has 5 nitrogen and oxygen atoms in total. The maximum Gasteiger partial charge on any atom is 0.223 e. The molecule has 1 amide bonds. The Balaban J connectivity index is 1.61. The Morgan fingerprint density at radius 3 is 2.67 bits per heavy atom. The molecule has 130 valence electrons. The molecule has 1 aliphatic rings. The standard InChI is InChI=1S/C19H28N4O/c1-4-23-18-8-6-5-7-16(18)17(21-23)13-20-19(24)15-9-11-22(12-10-15)14(2)3/h5-8,14-15H,4,9-13H2,1-3H3,(H,20,24). The molecule has 24 heavy (non-hydrogen) atoms. The predicted octanol–water partition coefficient (Wildman–Crippen LogP) is 2.79. The zero-order valence-corrected chi connectivity index (χ0v) is 15.0. The molecule has 0 radical (unpaired) electrons. The zero-order valence-electron chi connectivity index (χ0n) is 15.0. The van der Waals surface area contributed by atoms with Gasteiger partial charge in [-0.1, -0.05) is 18.2 Å². The van der Waals surface area contributed by atoms with Crippen molar-refractivity contribution in [1.29, 1.82) is 0 Å². The summed E-state index contributed by atoms with van der Waals surface area (Å²) in [6, 6.07) is 8.78. The molecule has 0 bridgehead atoms. The Bertz CT molecular complexity index is 698. The van der Waals surface area contributed by atoms with Gasteiger partial charge in [0.2, 0.25) is 5.91 Å². The van der Waals surface area contributed by atoms with Crippen LogP contribution in [0.2, 0.25) is 0 Å². The number of piperidine rings is 1. The molecule has 1 saturated heterocycles. The van der Waals surface area contributed by atoms with Crippen LogP contribution in [0, 0.1) is 5.92 Å². The number of aryl methyl sites for hydroxylation is 1. The molecule has 1 aliphatic heterocycles. The Hall–Kier alpha value is -1.88. The van der Waals surface area contributed by atoms with Crippen LogP contribution in [-0.4, -0.2) is 39.7 Å². The minimum atomic E-state index is 0.138. The summed E-state index contributed by atoms with van der Waals surface area (Å²) in [5.41, 5.74) is 2.09. The molecule has 2 aromatic rings. The first kappa shape index (κ1) is 17.0. The Morgan fingerprint density at radius 2 is 2.00 bits per heavy atom. The lowest BCUT2D eigenvalue weighted by Crippen LogP contribution is -2.43. The van der Waals surface area contributed by atoms with Crippen LogP contribution in [0.15, 0.2) is 24.3 Å². The number of nitrogens with zero attached hydrogens (tertiary/aromatic N) is 3. The third-order valence-electron chi connectivity index (χ3n) is 5.09. The van der Waals surface area contributed by atoms with Crippen molar-refractivity contribution in [3.05, 3.63) is 30.0 Å². The van der Waals surface area contributed by atoms with Crippen molar-refractivity contribution < 1.29 is 4.79 Å². The minimum Gasteiger partial charge on any atom is -0.350 e. The Morgan fingerprint density at radius 1 is 1.29 bits per heavy atom. The third-order valence-corrected chi connectivity index (χ3v) is 5.09. The van der Waals surface area contributed by atoms with Crippen LogP contribution < -0.4 is 5.32 Å². The van der Waals surface area contributed by atoms with Gasteiger partial charge >= 0.3 is 0 Å². The number of nitrogens with one attached hydrogen (secondary N) is 1. The summed E-state index contributed by atoms with van der Waals surface area (Å²) in [5, 5.41) is 8.90. The molecular weight excluding hydrogens is 300 g/mol. The first-order valence-electron chi connectivity index (χ1n) is 9.06. The number of aromatic nitrogens is 2. The van der Waals surface area contributed by atoms with E-state index in [0.717, 1.165) is 49.1 Å². The molecule has 5 heteroatoms. The van der Waals surface area contributed by atoms with Gasteiger partial charge in [-0.25, -0.2) is 0 Å². The summed E-state index contributed by atoms with van der Waals surface area (Å²) < 4.78 is 2.00. The largest absolute Gasteiger partial charge is 0.350 e. The molecule has 1 aromatic carbocycles. The minimum absolute atomic E-state index is 0.138. The highest BCUT2D eigenvalue weighted by atomic mass is 16.1. The van der Waals surface area contributed by atoms with Gasteiger partial charge in [0.1, 0.15) is 0 Å². The molecular formula is C19H28N4O. The van der Waals surface area contributed by atoms with E-state index in [4.69, 9.17) is 0 Å². The lowest BCUT2D eigenvalue weighted by atomic mass is 9.95. The van der Waals surface area contributed by atoms with E-state index < -0.39 is 0 Å². The number of hydrogen-bond donors (Lipinski definition) is 1. The second-order valence-electron chi connectivity index (χ2n) is 6.90. The quantitative estimate of drug-likeness (QED) is 0.918. The maximum atomic E-state index is 12.5. The third kappa shape index (κ3) is 3.46. The van der Waals surface area contributed by atoms with Crippen LogP contribution >= 0.6 is 0 Å². The number of benzene rings is 1. The second-order valence-corrected chi connectivity index (χ2v) is 6.90. The van der Waals surface area contributed by atoms with Gasteiger partial charge in [0.25, 0.3) is 0 Å². The van der Waals surface area contributed by atoms with Crippen molar-refractivity contribution in [2.75, 3.05) is 13.1 Å².